The first-order valence-corrected chi connectivity index (χ1v) is 16.1. The second kappa shape index (κ2) is 11.0. The molecule has 1 heterocycles. The molecule has 0 radical (unpaired) electrons. The van der Waals surface area contributed by atoms with E-state index in [4.69, 9.17) is 0 Å². The molecular formula is C38H32N3OP. The van der Waals surface area contributed by atoms with Gasteiger partial charge in [0.2, 0.25) is 0 Å². The van der Waals surface area contributed by atoms with Crippen molar-refractivity contribution in [3.8, 4) is 0 Å². The molecule has 1 aliphatic heterocycles. The minimum Gasteiger partial charge on any atom is -0.311 e. The summed E-state index contributed by atoms with van der Waals surface area (Å²) in [4.78, 5) is 2.24. The monoisotopic (exact) mass is 577 g/mol. The molecule has 6 aromatic carbocycles. The van der Waals surface area contributed by atoms with Crippen LogP contribution in [-0.4, -0.2) is 0 Å². The lowest BCUT2D eigenvalue weighted by atomic mass is 10.1. The van der Waals surface area contributed by atoms with E-state index < -0.39 is 7.44 Å². The average Bonchev–Trinajstić information content (AvgIpc) is 3.33. The topological polar surface area (TPSA) is 26.8 Å². The number of hydrogen-bond donors (Lipinski definition) is 0. The Morgan fingerprint density at radius 3 is 1.19 bits per heavy atom. The van der Waals surface area contributed by atoms with Crippen molar-refractivity contribution in [1.29, 1.82) is 0 Å². The molecule has 0 saturated heterocycles. The van der Waals surface area contributed by atoms with Crippen molar-refractivity contribution in [3.63, 3.8) is 0 Å². The number of rotatable bonds is 6. The van der Waals surface area contributed by atoms with E-state index in [1.165, 1.54) is 11.1 Å². The van der Waals surface area contributed by atoms with E-state index in [2.05, 4.69) is 91.5 Å². The highest BCUT2D eigenvalue weighted by Gasteiger charge is 2.48. The van der Waals surface area contributed by atoms with Gasteiger partial charge in [0.25, 0.3) is 0 Å². The molecule has 0 amide bonds. The van der Waals surface area contributed by atoms with Crippen molar-refractivity contribution in [2.75, 3.05) is 14.2 Å². The maximum absolute atomic E-state index is 15.9. The lowest BCUT2D eigenvalue weighted by molar-refractivity contribution is 0.582. The van der Waals surface area contributed by atoms with E-state index in [-0.39, 0.29) is 0 Å². The van der Waals surface area contributed by atoms with Gasteiger partial charge >= 0.3 is 7.44 Å². The minimum absolute atomic E-state index is 0.757. The quantitative estimate of drug-likeness (QED) is 0.184. The molecule has 0 aromatic heterocycles. The summed E-state index contributed by atoms with van der Waals surface area (Å²) in [5, 5.41) is 0.757. The number of nitrogens with zero attached hydrogens (tertiary/aromatic N) is 3. The smallest absolute Gasteiger partial charge is 0.301 e. The molecule has 0 bridgehead atoms. The number of aryl methyl sites for hydroxylation is 2. The van der Waals surface area contributed by atoms with Crippen LogP contribution in [0, 0.1) is 13.8 Å². The summed E-state index contributed by atoms with van der Waals surface area (Å²) in [5.41, 5.74) is 9.18. The summed E-state index contributed by atoms with van der Waals surface area (Å²) in [6.45, 7) is 4.20. The first kappa shape index (κ1) is 26.8. The van der Waals surface area contributed by atoms with Gasteiger partial charge in [-0.25, -0.2) is 0 Å². The van der Waals surface area contributed by atoms with E-state index in [1.54, 1.807) is 0 Å². The standard InChI is InChI=1S/C38H32N3OP/c1-29-17-21-31(22-18-29)39(32-23-19-30(2)20-24-32)33-25-27-36(28-26-33)43(42)40(34-11-5-3-6-12-34)37-15-9-10-16-38(37)41(43)35-13-7-4-8-14-35/h3-28H,1-2H3. The third-order valence-electron chi connectivity index (χ3n) is 7.91. The van der Waals surface area contributed by atoms with Crippen molar-refractivity contribution in [3.05, 3.63) is 169 Å². The molecule has 0 saturated carbocycles. The zero-order chi connectivity index (χ0) is 29.4. The van der Waals surface area contributed by atoms with Crippen LogP contribution in [0.2, 0.25) is 0 Å². The van der Waals surface area contributed by atoms with E-state index in [1.807, 2.05) is 94.3 Å². The molecule has 1 aliphatic rings. The molecule has 4 nitrogen and oxygen atoms in total. The van der Waals surface area contributed by atoms with E-state index >= 15 is 4.57 Å². The molecule has 210 valence electrons. The lowest BCUT2D eigenvalue weighted by Gasteiger charge is -2.33. The van der Waals surface area contributed by atoms with Gasteiger partial charge in [-0.2, -0.15) is 0 Å². The summed E-state index contributed by atoms with van der Waals surface area (Å²) >= 11 is 0. The van der Waals surface area contributed by atoms with Gasteiger partial charge in [0.05, 0.1) is 16.7 Å². The molecule has 0 atom stereocenters. The fourth-order valence-corrected chi connectivity index (χ4v) is 8.79. The van der Waals surface area contributed by atoms with Gasteiger partial charge < -0.3 is 4.90 Å². The molecule has 0 N–H and O–H groups in total. The zero-order valence-electron chi connectivity index (χ0n) is 24.2. The Labute approximate surface area is 253 Å². The maximum Gasteiger partial charge on any atom is 0.301 e. The minimum atomic E-state index is -3.43. The van der Waals surface area contributed by atoms with Gasteiger partial charge in [-0.05, 0) is 98.8 Å². The van der Waals surface area contributed by atoms with Crippen LogP contribution < -0.4 is 19.5 Å². The highest BCUT2D eigenvalue weighted by Crippen LogP contribution is 2.69. The zero-order valence-corrected chi connectivity index (χ0v) is 25.1. The van der Waals surface area contributed by atoms with E-state index in [9.17, 15) is 0 Å². The summed E-state index contributed by atoms with van der Waals surface area (Å²) in [5.74, 6) is 0. The van der Waals surface area contributed by atoms with Crippen molar-refractivity contribution < 1.29 is 4.57 Å². The normalized spacial score (nSPS) is 13.5. The molecule has 7 rings (SSSR count). The van der Waals surface area contributed by atoms with Crippen LogP contribution in [0.15, 0.2) is 158 Å². The summed E-state index contributed by atoms with van der Waals surface area (Å²) in [6, 6.07) is 53.6. The molecule has 43 heavy (non-hydrogen) atoms. The molecule has 5 heteroatoms. The van der Waals surface area contributed by atoms with Gasteiger partial charge in [-0.1, -0.05) is 83.9 Å². The number of benzene rings is 6. The number of fused-ring (bicyclic) bond motifs is 1. The van der Waals surface area contributed by atoms with Crippen LogP contribution in [0.5, 0.6) is 0 Å². The second-order valence-electron chi connectivity index (χ2n) is 10.9. The number of hydrogen-bond acceptors (Lipinski definition) is 2. The number of para-hydroxylation sites is 4. The largest absolute Gasteiger partial charge is 0.311 e. The predicted molar refractivity (Wildman–Crippen MR) is 181 cm³/mol. The molecule has 0 aliphatic carbocycles. The highest BCUT2D eigenvalue weighted by atomic mass is 31.2. The predicted octanol–water partition coefficient (Wildman–Crippen LogP) is 10.6. The molecular weight excluding hydrogens is 545 g/mol. The van der Waals surface area contributed by atoms with Crippen LogP contribution in [0.3, 0.4) is 0 Å². The maximum atomic E-state index is 15.9. The van der Waals surface area contributed by atoms with Crippen LogP contribution >= 0.6 is 7.44 Å². The van der Waals surface area contributed by atoms with Crippen LogP contribution in [0.25, 0.3) is 0 Å². The van der Waals surface area contributed by atoms with Gasteiger partial charge in [-0.15, -0.1) is 0 Å². The van der Waals surface area contributed by atoms with Crippen LogP contribution in [0.4, 0.5) is 39.8 Å². The molecule has 0 spiro atoms. The van der Waals surface area contributed by atoms with Crippen molar-refractivity contribution >= 4 is 52.6 Å². The Morgan fingerprint density at radius 2 is 0.791 bits per heavy atom. The van der Waals surface area contributed by atoms with E-state index in [0.717, 1.165) is 45.1 Å². The van der Waals surface area contributed by atoms with Gasteiger partial charge in [0.1, 0.15) is 0 Å². The van der Waals surface area contributed by atoms with Crippen molar-refractivity contribution in [1.82, 2.24) is 0 Å². The fourth-order valence-electron chi connectivity index (χ4n) is 5.80. The Hall–Kier alpha value is -5.05. The van der Waals surface area contributed by atoms with Crippen molar-refractivity contribution in [2.24, 2.45) is 0 Å². The molecule has 0 unspecified atom stereocenters. The van der Waals surface area contributed by atoms with Crippen LogP contribution in [0.1, 0.15) is 11.1 Å². The second-order valence-corrected chi connectivity index (χ2v) is 13.3. The average molecular weight is 578 g/mol. The van der Waals surface area contributed by atoms with Crippen LogP contribution in [-0.2, 0) is 4.57 Å². The van der Waals surface area contributed by atoms with Crippen molar-refractivity contribution in [2.45, 2.75) is 13.8 Å². The van der Waals surface area contributed by atoms with Gasteiger partial charge in [-0.3, -0.25) is 13.9 Å². The summed E-state index contributed by atoms with van der Waals surface area (Å²) in [7, 11) is -3.43. The van der Waals surface area contributed by atoms with Gasteiger partial charge in [0, 0.05) is 28.4 Å². The summed E-state index contributed by atoms with van der Waals surface area (Å²) < 4.78 is 19.9. The van der Waals surface area contributed by atoms with Gasteiger partial charge in [0.15, 0.2) is 0 Å². The highest BCUT2D eigenvalue weighted by molar-refractivity contribution is 7.76. The first-order chi connectivity index (χ1) is 21.0. The first-order valence-electron chi connectivity index (χ1n) is 14.5. The summed E-state index contributed by atoms with van der Waals surface area (Å²) in [6.07, 6.45) is 0. The Morgan fingerprint density at radius 1 is 0.442 bits per heavy atom. The Balaban J connectivity index is 1.40. The molecule has 6 aromatic rings. The third kappa shape index (κ3) is 4.70. The fraction of sp³-hybridized carbons (Fsp3) is 0.0526. The molecule has 0 fully saturated rings. The number of anilines is 7. The Kier molecular flexibility index (Phi) is 6.85. The SMILES string of the molecule is Cc1ccc(N(c2ccc(C)cc2)c2ccc(P3(=O)N(c4ccccc4)c4ccccc4N3c3ccccc3)cc2)cc1. The third-order valence-corrected chi connectivity index (χ3v) is 10.9. The Bertz CT molecular complexity index is 1790. The lowest BCUT2D eigenvalue weighted by Crippen LogP contribution is -2.26. The van der Waals surface area contributed by atoms with E-state index in [0.29, 0.717) is 0 Å².